The number of nitrogens with zero attached hydrogens (tertiary/aromatic N) is 1. The Balaban J connectivity index is 1.60. The summed E-state index contributed by atoms with van der Waals surface area (Å²) >= 11 is 12.0. The molecule has 2 aromatic rings. The van der Waals surface area contributed by atoms with Crippen molar-refractivity contribution in [2.24, 2.45) is 11.0 Å². The molecule has 0 aromatic heterocycles. The summed E-state index contributed by atoms with van der Waals surface area (Å²) in [5.74, 6) is 0.217. The topological polar surface area (TPSA) is 41.5 Å². The van der Waals surface area contributed by atoms with Crippen molar-refractivity contribution in [3.8, 4) is 0 Å². The van der Waals surface area contributed by atoms with E-state index in [1.165, 1.54) is 11.1 Å². The van der Waals surface area contributed by atoms with Crippen LogP contribution in [-0.4, -0.2) is 11.6 Å². The first kappa shape index (κ1) is 19.9. The van der Waals surface area contributed by atoms with Crippen LogP contribution in [0.3, 0.4) is 0 Å². The fourth-order valence-corrected chi connectivity index (χ4v) is 3.39. The van der Waals surface area contributed by atoms with Gasteiger partial charge in [-0.1, -0.05) is 74.3 Å². The highest BCUT2D eigenvalue weighted by Gasteiger charge is 2.44. The van der Waals surface area contributed by atoms with Crippen molar-refractivity contribution in [1.29, 1.82) is 0 Å². The zero-order valence-corrected chi connectivity index (χ0v) is 17.5. The molecule has 2 atom stereocenters. The Hall–Kier alpha value is -1.84. The number of carbonyl (C=O) groups is 1. The van der Waals surface area contributed by atoms with Gasteiger partial charge in [0.05, 0.1) is 15.8 Å². The van der Waals surface area contributed by atoms with E-state index in [-0.39, 0.29) is 23.2 Å². The number of carbonyl (C=O) groups excluding carboxylic acids is 1. The van der Waals surface area contributed by atoms with Crippen molar-refractivity contribution < 1.29 is 4.79 Å². The third kappa shape index (κ3) is 4.72. The van der Waals surface area contributed by atoms with Crippen molar-refractivity contribution >= 4 is 34.8 Å². The van der Waals surface area contributed by atoms with E-state index < -0.39 is 0 Å². The average Bonchev–Trinajstić information content (AvgIpc) is 3.42. The third-order valence-electron chi connectivity index (χ3n) is 5.00. The first-order valence-corrected chi connectivity index (χ1v) is 9.82. The molecule has 0 unspecified atom stereocenters. The highest BCUT2D eigenvalue weighted by molar-refractivity contribution is 6.42. The predicted molar refractivity (Wildman–Crippen MR) is 113 cm³/mol. The first-order valence-electron chi connectivity index (χ1n) is 9.07. The van der Waals surface area contributed by atoms with Crippen molar-refractivity contribution in [3.05, 3.63) is 69.2 Å². The molecule has 27 heavy (non-hydrogen) atoms. The summed E-state index contributed by atoms with van der Waals surface area (Å²) in [4.78, 5) is 12.4. The summed E-state index contributed by atoms with van der Waals surface area (Å²) < 4.78 is 0. The van der Waals surface area contributed by atoms with E-state index >= 15 is 0 Å². The molecular formula is C22H24Cl2N2O. The number of rotatable bonds is 4. The molecule has 3 nitrogen and oxygen atoms in total. The number of benzene rings is 2. The Labute approximate surface area is 170 Å². The van der Waals surface area contributed by atoms with E-state index in [4.69, 9.17) is 23.2 Å². The van der Waals surface area contributed by atoms with Gasteiger partial charge in [0, 0.05) is 5.92 Å². The molecule has 2 aromatic carbocycles. The van der Waals surface area contributed by atoms with Gasteiger partial charge in [-0.25, -0.2) is 5.43 Å². The predicted octanol–water partition coefficient (Wildman–Crippen LogP) is 5.93. The molecule has 3 rings (SSSR count). The number of nitrogens with one attached hydrogen (secondary N) is 1. The second-order valence-electron chi connectivity index (χ2n) is 8.12. The summed E-state index contributed by atoms with van der Waals surface area (Å²) in [6, 6.07) is 13.9. The monoisotopic (exact) mass is 402 g/mol. The van der Waals surface area contributed by atoms with Crippen LogP contribution in [0.2, 0.25) is 10.0 Å². The lowest BCUT2D eigenvalue weighted by atomic mass is 9.86. The Morgan fingerprint density at radius 1 is 1.07 bits per heavy atom. The first-order chi connectivity index (χ1) is 12.7. The van der Waals surface area contributed by atoms with Crippen LogP contribution in [-0.2, 0) is 10.2 Å². The fourth-order valence-electron chi connectivity index (χ4n) is 3.09. The van der Waals surface area contributed by atoms with Gasteiger partial charge in [-0.2, -0.15) is 5.10 Å². The molecular weight excluding hydrogens is 379 g/mol. The number of hydrazone groups is 1. The van der Waals surface area contributed by atoms with E-state index in [9.17, 15) is 4.79 Å². The Bertz CT molecular complexity index is 882. The van der Waals surface area contributed by atoms with Gasteiger partial charge in [-0.3, -0.25) is 4.79 Å². The molecule has 0 aliphatic heterocycles. The van der Waals surface area contributed by atoms with E-state index in [1.807, 2.05) is 13.0 Å². The van der Waals surface area contributed by atoms with Gasteiger partial charge in [0.2, 0.25) is 5.91 Å². The molecule has 0 radical (unpaired) electrons. The standard InChI is InChI=1S/C22H24Cl2N2O/c1-13(15-7-10-19(23)20(24)11-15)25-26-21(27)18-12-17(18)14-5-8-16(9-6-14)22(2,3)4/h5-11,17-18H,12H2,1-4H3,(H,26,27)/b25-13-/t17-,18-/m1/s1. The van der Waals surface area contributed by atoms with Gasteiger partial charge in [-0.15, -0.1) is 0 Å². The number of hydrogen-bond acceptors (Lipinski definition) is 2. The molecule has 0 bridgehead atoms. The van der Waals surface area contributed by atoms with E-state index in [2.05, 4.69) is 55.6 Å². The molecule has 0 heterocycles. The summed E-state index contributed by atoms with van der Waals surface area (Å²) in [5.41, 5.74) is 6.85. The lowest BCUT2D eigenvalue weighted by Gasteiger charge is -2.19. The van der Waals surface area contributed by atoms with Crippen LogP contribution in [0.25, 0.3) is 0 Å². The molecule has 0 spiro atoms. The zero-order chi connectivity index (χ0) is 19.8. The Morgan fingerprint density at radius 2 is 1.74 bits per heavy atom. The van der Waals surface area contributed by atoms with Gasteiger partial charge in [0.1, 0.15) is 0 Å². The minimum Gasteiger partial charge on any atom is -0.273 e. The van der Waals surface area contributed by atoms with Crippen LogP contribution >= 0.6 is 23.2 Å². The van der Waals surface area contributed by atoms with E-state index in [0.717, 1.165) is 12.0 Å². The van der Waals surface area contributed by atoms with Gasteiger partial charge < -0.3 is 0 Å². The second kappa shape index (κ2) is 7.65. The maximum absolute atomic E-state index is 12.4. The summed E-state index contributed by atoms with van der Waals surface area (Å²) in [7, 11) is 0. The Kier molecular flexibility index (Phi) is 5.64. The van der Waals surface area contributed by atoms with Gasteiger partial charge >= 0.3 is 0 Å². The number of hydrogen-bond donors (Lipinski definition) is 1. The van der Waals surface area contributed by atoms with Crippen LogP contribution in [0.5, 0.6) is 0 Å². The molecule has 1 amide bonds. The highest BCUT2D eigenvalue weighted by atomic mass is 35.5. The van der Waals surface area contributed by atoms with Gasteiger partial charge in [-0.05, 0) is 53.5 Å². The largest absolute Gasteiger partial charge is 0.273 e. The minimum atomic E-state index is -0.0423. The SMILES string of the molecule is C/C(=N/NC(=O)[C@@H]1C[C@@H]1c1ccc(C(C)(C)C)cc1)c1ccc(Cl)c(Cl)c1. The van der Waals surface area contributed by atoms with Gasteiger partial charge in [0.25, 0.3) is 0 Å². The summed E-state index contributed by atoms with van der Waals surface area (Å²) in [5, 5.41) is 5.18. The minimum absolute atomic E-state index is 0.0177. The van der Waals surface area contributed by atoms with Crippen LogP contribution in [0.15, 0.2) is 47.6 Å². The lowest BCUT2D eigenvalue weighted by Crippen LogP contribution is -2.21. The normalized spacial score (nSPS) is 19.7. The van der Waals surface area contributed by atoms with Gasteiger partial charge in [0.15, 0.2) is 0 Å². The molecule has 1 aliphatic rings. The third-order valence-corrected chi connectivity index (χ3v) is 5.74. The van der Waals surface area contributed by atoms with Crippen molar-refractivity contribution in [1.82, 2.24) is 5.43 Å². The smallest absolute Gasteiger partial charge is 0.243 e. The van der Waals surface area contributed by atoms with Crippen LogP contribution in [0, 0.1) is 5.92 Å². The van der Waals surface area contributed by atoms with Crippen molar-refractivity contribution in [2.45, 2.75) is 45.4 Å². The van der Waals surface area contributed by atoms with Crippen molar-refractivity contribution in [2.75, 3.05) is 0 Å². The number of amides is 1. The molecule has 5 heteroatoms. The maximum Gasteiger partial charge on any atom is 0.243 e. The Morgan fingerprint density at radius 3 is 2.33 bits per heavy atom. The van der Waals surface area contributed by atoms with E-state index in [1.54, 1.807) is 12.1 Å². The summed E-state index contributed by atoms with van der Waals surface area (Å²) in [6.07, 6.45) is 0.863. The summed E-state index contributed by atoms with van der Waals surface area (Å²) in [6.45, 7) is 8.42. The second-order valence-corrected chi connectivity index (χ2v) is 8.94. The molecule has 1 aliphatic carbocycles. The molecule has 142 valence electrons. The lowest BCUT2D eigenvalue weighted by molar-refractivity contribution is -0.122. The van der Waals surface area contributed by atoms with Crippen molar-refractivity contribution in [3.63, 3.8) is 0 Å². The van der Waals surface area contributed by atoms with Crippen LogP contribution in [0.1, 0.15) is 56.7 Å². The number of halogens is 2. The average molecular weight is 403 g/mol. The molecule has 1 saturated carbocycles. The quantitative estimate of drug-likeness (QED) is 0.499. The molecule has 1 fully saturated rings. The van der Waals surface area contributed by atoms with Crippen LogP contribution in [0.4, 0.5) is 0 Å². The van der Waals surface area contributed by atoms with E-state index in [0.29, 0.717) is 15.8 Å². The molecule has 0 saturated heterocycles. The fraction of sp³-hybridized carbons (Fsp3) is 0.364. The highest BCUT2D eigenvalue weighted by Crippen LogP contribution is 2.47. The zero-order valence-electron chi connectivity index (χ0n) is 16.0. The van der Waals surface area contributed by atoms with Crippen LogP contribution < -0.4 is 5.43 Å². The maximum atomic E-state index is 12.4. The molecule has 1 N–H and O–H groups in total.